The average Bonchev–Trinajstić information content (AvgIpc) is 3.39. The molecule has 0 radical (unpaired) electrons. The Labute approximate surface area is 181 Å². The Hall–Kier alpha value is -3.17. The number of pyridine rings is 1. The lowest BCUT2D eigenvalue weighted by Gasteiger charge is -2.34. The van der Waals surface area contributed by atoms with Gasteiger partial charge in [0, 0.05) is 19.2 Å². The fourth-order valence-electron chi connectivity index (χ4n) is 4.55. The number of nitrogens with zero attached hydrogens (tertiary/aromatic N) is 3. The van der Waals surface area contributed by atoms with Gasteiger partial charge in [-0.25, -0.2) is 9.78 Å². The van der Waals surface area contributed by atoms with Crippen LogP contribution in [0.1, 0.15) is 24.4 Å². The third-order valence-electron chi connectivity index (χ3n) is 5.95. The number of alkyl halides is 3. The summed E-state index contributed by atoms with van der Waals surface area (Å²) < 4.78 is 48.1. The molecule has 32 heavy (non-hydrogen) atoms. The van der Waals surface area contributed by atoms with E-state index in [4.69, 9.17) is 0 Å². The van der Waals surface area contributed by atoms with E-state index in [9.17, 15) is 18.0 Å². The SMILES string of the molecule is O=c1n(C2CCNC2)c2ncccc2n1[C@@]1(OC(F)(F)F)C=CC(c2ccccc2)=CC1. The van der Waals surface area contributed by atoms with Gasteiger partial charge in [0.15, 0.2) is 11.4 Å². The van der Waals surface area contributed by atoms with Crippen LogP contribution in [0.15, 0.2) is 71.7 Å². The molecule has 1 aromatic carbocycles. The van der Waals surface area contributed by atoms with Crippen LogP contribution in [0.5, 0.6) is 0 Å². The highest BCUT2D eigenvalue weighted by atomic mass is 19.4. The number of ether oxygens (including phenoxy) is 1. The third-order valence-corrected chi connectivity index (χ3v) is 5.95. The minimum absolute atomic E-state index is 0.163. The van der Waals surface area contributed by atoms with E-state index in [0.717, 1.165) is 22.2 Å². The highest BCUT2D eigenvalue weighted by Crippen LogP contribution is 2.39. The number of nitrogens with one attached hydrogen (secondary N) is 1. The van der Waals surface area contributed by atoms with Gasteiger partial charge in [0.2, 0.25) is 0 Å². The van der Waals surface area contributed by atoms with Gasteiger partial charge in [-0.1, -0.05) is 42.5 Å². The van der Waals surface area contributed by atoms with Crippen LogP contribution < -0.4 is 11.0 Å². The van der Waals surface area contributed by atoms with Gasteiger partial charge in [-0.15, -0.1) is 13.2 Å². The quantitative estimate of drug-likeness (QED) is 0.665. The summed E-state index contributed by atoms with van der Waals surface area (Å²) in [6.45, 7) is 1.28. The first kappa shape index (κ1) is 20.7. The van der Waals surface area contributed by atoms with Gasteiger partial charge in [0.1, 0.15) is 0 Å². The molecule has 2 aromatic heterocycles. The van der Waals surface area contributed by atoms with Gasteiger partial charge < -0.3 is 5.32 Å². The summed E-state index contributed by atoms with van der Waals surface area (Å²) in [6, 6.07) is 12.4. The molecule has 0 amide bonds. The van der Waals surface area contributed by atoms with Gasteiger partial charge in [0.25, 0.3) is 0 Å². The van der Waals surface area contributed by atoms with Crippen molar-refractivity contribution in [3.8, 4) is 0 Å². The Bertz CT molecular complexity index is 1250. The maximum absolute atomic E-state index is 13.6. The number of hydrogen-bond donors (Lipinski definition) is 1. The molecule has 1 unspecified atom stereocenters. The third kappa shape index (κ3) is 3.57. The lowest BCUT2D eigenvalue weighted by atomic mass is 9.94. The van der Waals surface area contributed by atoms with E-state index in [0.29, 0.717) is 24.1 Å². The molecule has 1 aliphatic carbocycles. The van der Waals surface area contributed by atoms with Crippen molar-refractivity contribution in [1.82, 2.24) is 19.4 Å². The Morgan fingerprint density at radius 2 is 1.97 bits per heavy atom. The monoisotopic (exact) mass is 442 g/mol. The van der Waals surface area contributed by atoms with Crippen molar-refractivity contribution in [2.75, 3.05) is 13.1 Å². The molecule has 0 saturated carbocycles. The van der Waals surface area contributed by atoms with Crippen molar-refractivity contribution in [2.45, 2.75) is 31.0 Å². The molecule has 9 heteroatoms. The molecule has 2 atom stereocenters. The summed E-state index contributed by atoms with van der Waals surface area (Å²) in [6.07, 6.45) is 1.69. The molecular weight excluding hydrogens is 421 g/mol. The smallest absolute Gasteiger partial charge is 0.315 e. The maximum atomic E-state index is 13.6. The predicted molar refractivity (Wildman–Crippen MR) is 114 cm³/mol. The number of aromatic nitrogens is 3. The van der Waals surface area contributed by atoms with Crippen LogP contribution in [0.2, 0.25) is 0 Å². The van der Waals surface area contributed by atoms with Crippen molar-refractivity contribution in [2.24, 2.45) is 0 Å². The summed E-state index contributed by atoms with van der Waals surface area (Å²) in [7, 11) is 0. The second-order valence-corrected chi connectivity index (χ2v) is 7.94. The second kappa shape index (κ2) is 7.75. The minimum atomic E-state index is -4.95. The van der Waals surface area contributed by atoms with E-state index in [1.165, 1.54) is 16.8 Å². The summed E-state index contributed by atoms with van der Waals surface area (Å²) in [5.74, 6) is 0. The molecule has 3 aromatic rings. The van der Waals surface area contributed by atoms with Crippen LogP contribution in [-0.4, -0.2) is 33.6 Å². The molecule has 5 rings (SSSR count). The number of allylic oxidation sites excluding steroid dienone is 2. The van der Waals surface area contributed by atoms with Crippen molar-refractivity contribution in [1.29, 1.82) is 0 Å². The van der Waals surface area contributed by atoms with Crippen LogP contribution in [0, 0.1) is 0 Å². The van der Waals surface area contributed by atoms with Gasteiger partial charge in [-0.2, -0.15) is 0 Å². The summed E-state index contributed by atoms with van der Waals surface area (Å²) in [5.41, 5.74) is -0.332. The Morgan fingerprint density at radius 3 is 2.62 bits per heavy atom. The minimum Gasteiger partial charge on any atom is -0.315 e. The molecule has 166 valence electrons. The normalized spacial score (nSPS) is 23.6. The van der Waals surface area contributed by atoms with Crippen molar-refractivity contribution in [3.05, 3.63) is 82.9 Å². The first-order valence-electron chi connectivity index (χ1n) is 10.4. The number of rotatable bonds is 4. The summed E-state index contributed by atoms with van der Waals surface area (Å²) >= 11 is 0. The number of hydrogen-bond acceptors (Lipinski definition) is 4. The molecule has 1 saturated heterocycles. The van der Waals surface area contributed by atoms with Gasteiger partial charge in [-0.3, -0.25) is 13.9 Å². The van der Waals surface area contributed by atoms with Gasteiger partial charge in [-0.05, 0) is 42.3 Å². The molecule has 1 fully saturated rings. The maximum Gasteiger partial charge on any atom is 0.524 e. The number of halogens is 3. The van der Waals surface area contributed by atoms with E-state index in [1.807, 2.05) is 30.3 Å². The Morgan fingerprint density at radius 1 is 1.16 bits per heavy atom. The highest BCUT2D eigenvalue weighted by Gasteiger charge is 2.46. The predicted octanol–water partition coefficient (Wildman–Crippen LogP) is 3.97. The van der Waals surface area contributed by atoms with E-state index >= 15 is 0 Å². The molecule has 0 spiro atoms. The van der Waals surface area contributed by atoms with Crippen LogP contribution in [0.4, 0.5) is 13.2 Å². The van der Waals surface area contributed by atoms with Crippen LogP contribution in [0.3, 0.4) is 0 Å². The molecule has 3 heterocycles. The largest absolute Gasteiger partial charge is 0.524 e. The zero-order valence-electron chi connectivity index (χ0n) is 17.0. The second-order valence-electron chi connectivity index (χ2n) is 7.94. The van der Waals surface area contributed by atoms with Gasteiger partial charge in [0.05, 0.1) is 11.6 Å². The van der Waals surface area contributed by atoms with Crippen LogP contribution in [0.25, 0.3) is 16.7 Å². The fraction of sp³-hybridized carbons (Fsp3) is 0.304. The highest BCUT2D eigenvalue weighted by molar-refractivity contribution is 5.76. The standard InChI is InChI=1S/C23H21F3N4O2/c24-23(25,26)32-22(11-8-17(9-12-22)16-5-2-1-3-6-16)30-19-7-4-13-28-20(19)29(21(30)31)18-10-14-27-15-18/h1-9,11,13,18,27H,10,12,14-15H2/t18?,22-/m1/s1. The summed E-state index contributed by atoms with van der Waals surface area (Å²) in [4.78, 5) is 17.9. The molecular formula is C23H21F3N4O2. The van der Waals surface area contributed by atoms with E-state index in [-0.39, 0.29) is 12.5 Å². The van der Waals surface area contributed by atoms with E-state index < -0.39 is 17.8 Å². The Balaban J connectivity index is 1.68. The number of fused-ring (bicyclic) bond motifs is 1. The molecule has 2 aliphatic rings. The fourth-order valence-corrected chi connectivity index (χ4v) is 4.55. The molecule has 1 aliphatic heterocycles. The molecule has 1 N–H and O–H groups in total. The van der Waals surface area contributed by atoms with Crippen LogP contribution >= 0.6 is 0 Å². The zero-order chi connectivity index (χ0) is 22.3. The average molecular weight is 442 g/mol. The first-order valence-corrected chi connectivity index (χ1v) is 10.4. The lowest BCUT2D eigenvalue weighted by Crippen LogP contribution is -2.46. The number of imidazole rings is 1. The van der Waals surface area contributed by atoms with E-state index in [1.54, 1.807) is 24.3 Å². The van der Waals surface area contributed by atoms with Crippen molar-refractivity contribution >= 4 is 16.7 Å². The van der Waals surface area contributed by atoms with Crippen molar-refractivity contribution in [3.63, 3.8) is 0 Å². The number of benzene rings is 1. The molecule has 0 bridgehead atoms. The summed E-state index contributed by atoms with van der Waals surface area (Å²) in [5, 5.41) is 3.19. The van der Waals surface area contributed by atoms with Gasteiger partial charge >= 0.3 is 12.1 Å². The van der Waals surface area contributed by atoms with Crippen molar-refractivity contribution < 1.29 is 17.9 Å². The first-order chi connectivity index (χ1) is 15.4. The topological polar surface area (TPSA) is 61.1 Å². The van der Waals surface area contributed by atoms with Crippen LogP contribution in [-0.2, 0) is 10.5 Å². The zero-order valence-corrected chi connectivity index (χ0v) is 17.0. The molecule has 6 nitrogen and oxygen atoms in total. The van der Waals surface area contributed by atoms with E-state index in [2.05, 4.69) is 15.0 Å². The Kier molecular flexibility index (Phi) is 5.02. The lowest BCUT2D eigenvalue weighted by molar-refractivity contribution is -0.374.